The molecule has 0 bridgehead atoms. The summed E-state index contributed by atoms with van der Waals surface area (Å²) in [7, 11) is 0. The van der Waals surface area contributed by atoms with Gasteiger partial charge in [-0.2, -0.15) is 0 Å². The van der Waals surface area contributed by atoms with Crippen LogP contribution in [0.1, 0.15) is 47.5 Å². The lowest BCUT2D eigenvalue weighted by molar-refractivity contribution is 0.00984. The maximum Gasteiger partial charge on any atom is 0.0748 e. The molecular weight excluding hydrogens is 174 g/mol. The van der Waals surface area contributed by atoms with Crippen LogP contribution >= 0.6 is 0 Å². The molecule has 0 fully saturated rings. The van der Waals surface area contributed by atoms with Gasteiger partial charge in [-0.15, -0.1) is 0 Å². The minimum absolute atomic E-state index is 0.192. The Morgan fingerprint density at radius 1 is 1.07 bits per heavy atom. The molecule has 0 rings (SSSR count). The highest BCUT2D eigenvalue weighted by Gasteiger charge is 2.21. The smallest absolute Gasteiger partial charge is 0.0748 e. The topological polar surface area (TPSA) is 35.2 Å². The quantitative estimate of drug-likeness (QED) is 0.687. The lowest BCUT2D eigenvalue weighted by atomic mass is 9.94. The van der Waals surface area contributed by atoms with Gasteiger partial charge in [-0.1, -0.05) is 27.7 Å². The van der Waals surface area contributed by atoms with Gasteiger partial charge < -0.3 is 10.5 Å². The number of ether oxygens (including phenoxy) is 1. The molecule has 2 atom stereocenters. The summed E-state index contributed by atoms with van der Waals surface area (Å²) in [5.74, 6) is 1.24. The lowest BCUT2D eigenvalue weighted by Gasteiger charge is -2.27. The Balaban J connectivity index is 3.94. The Morgan fingerprint density at radius 3 is 2.00 bits per heavy atom. The molecule has 0 heterocycles. The zero-order valence-electron chi connectivity index (χ0n) is 10.4. The summed E-state index contributed by atoms with van der Waals surface area (Å²) in [6.07, 6.45) is 2.48. The normalized spacial score (nSPS) is 16.3. The van der Waals surface area contributed by atoms with Crippen molar-refractivity contribution in [3.8, 4) is 0 Å². The van der Waals surface area contributed by atoms with Gasteiger partial charge >= 0.3 is 0 Å². The number of hydrogen-bond donors (Lipinski definition) is 1. The molecule has 2 nitrogen and oxygen atoms in total. The van der Waals surface area contributed by atoms with Crippen LogP contribution < -0.4 is 5.73 Å². The standard InChI is InChI=1S/C12H27NO/c1-6-14-12(10(4)5)11(13)8-7-9(2)3/h9-12H,6-8,13H2,1-5H3. The van der Waals surface area contributed by atoms with Gasteiger partial charge in [-0.05, 0) is 31.6 Å². The molecule has 0 amide bonds. The summed E-state index contributed by atoms with van der Waals surface area (Å²) in [5, 5.41) is 0. The Bertz CT molecular complexity index is 134. The van der Waals surface area contributed by atoms with Gasteiger partial charge in [-0.25, -0.2) is 0 Å². The van der Waals surface area contributed by atoms with Gasteiger partial charge in [0, 0.05) is 12.6 Å². The van der Waals surface area contributed by atoms with E-state index in [0.29, 0.717) is 5.92 Å². The molecular formula is C12H27NO. The van der Waals surface area contributed by atoms with Crippen molar-refractivity contribution in [1.82, 2.24) is 0 Å². The molecule has 14 heavy (non-hydrogen) atoms. The molecule has 0 saturated heterocycles. The Labute approximate surface area is 89.2 Å². The third kappa shape index (κ3) is 5.61. The van der Waals surface area contributed by atoms with Crippen LogP contribution in [-0.4, -0.2) is 18.8 Å². The second-order valence-electron chi connectivity index (χ2n) is 4.80. The second kappa shape index (κ2) is 7.24. The molecule has 0 aromatic rings. The van der Waals surface area contributed by atoms with Crippen LogP contribution in [0, 0.1) is 11.8 Å². The third-order valence-corrected chi connectivity index (χ3v) is 2.52. The van der Waals surface area contributed by atoms with Crippen molar-refractivity contribution in [2.24, 2.45) is 17.6 Å². The van der Waals surface area contributed by atoms with E-state index >= 15 is 0 Å². The summed E-state index contributed by atoms with van der Waals surface area (Å²) < 4.78 is 5.67. The molecule has 2 N–H and O–H groups in total. The molecule has 0 aromatic heterocycles. The average molecular weight is 201 g/mol. The molecule has 0 aliphatic carbocycles. The van der Waals surface area contributed by atoms with Crippen molar-refractivity contribution in [3.63, 3.8) is 0 Å². The Hall–Kier alpha value is -0.0800. The fourth-order valence-corrected chi connectivity index (χ4v) is 1.69. The summed E-state index contributed by atoms with van der Waals surface area (Å²) in [6, 6.07) is 0.192. The predicted molar refractivity (Wildman–Crippen MR) is 62.3 cm³/mol. The maximum absolute atomic E-state index is 6.13. The molecule has 0 radical (unpaired) electrons. The molecule has 0 saturated carbocycles. The van der Waals surface area contributed by atoms with Crippen molar-refractivity contribution in [2.75, 3.05) is 6.61 Å². The van der Waals surface area contributed by atoms with Crippen molar-refractivity contribution in [3.05, 3.63) is 0 Å². The van der Waals surface area contributed by atoms with E-state index in [4.69, 9.17) is 10.5 Å². The van der Waals surface area contributed by atoms with Gasteiger partial charge in [0.05, 0.1) is 6.10 Å². The molecule has 0 aliphatic heterocycles. The van der Waals surface area contributed by atoms with E-state index in [0.717, 1.165) is 18.9 Å². The fourth-order valence-electron chi connectivity index (χ4n) is 1.69. The van der Waals surface area contributed by atoms with Crippen molar-refractivity contribution < 1.29 is 4.74 Å². The highest BCUT2D eigenvalue weighted by Crippen LogP contribution is 2.15. The van der Waals surface area contributed by atoms with E-state index < -0.39 is 0 Å². The summed E-state index contributed by atoms with van der Waals surface area (Å²) >= 11 is 0. The summed E-state index contributed by atoms with van der Waals surface area (Å²) in [5.41, 5.74) is 6.13. The van der Waals surface area contributed by atoms with Gasteiger partial charge in [0.25, 0.3) is 0 Å². The van der Waals surface area contributed by atoms with Crippen LogP contribution in [0.5, 0.6) is 0 Å². The number of nitrogens with two attached hydrogens (primary N) is 1. The monoisotopic (exact) mass is 201 g/mol. The predicted octanol–water partition coefficient (Wildman–Crippen LogP) is 2.81. The Morgan fingerprint density at radius 2 is 1.64 bits per heavy atom. The summed E-state index contributed by atoms with van der Waals surface area (Å²) in [4.78, 5) is 0. The van der Waals surface area contributed by atoms with Crippen molar-refractivity contribution in [2.45, 2.75) is 59.6 Å². The lowest BCUT2D eigenvalue weighted by Crippen LogP contribution is -2.40. The van der Waals surface area contributed by atoms with Gasteiger partial charge in [-0.3, -0.25) is 0 Å². The first-order chi connectivity index (χ1) is 6.49. The highest BCUT2D eigenvalue weighted by atomic mass is 16.5. The first kappa shape index (κ1) is 13.9. The van der Waals surface area contributed by atoms with Crippen LogP contribution in [0.4, 0.5) is 0 Å². The fraction of sp³-hybridized carbons (Fsp3) is 1.00. The molecule has 0 aromatic carbocycles. The van der Waals surface area contributed by atoms with E-state index in [2.05, 4.69) is 27.7 Å². The van der Waals surface area contributed by atoms with Crippen LogP contribution in [0.3, 0.4) is 0 Å². The second-order valence-corrected chi connectivity index (χ2v) is 4.80. The van der Waals surface area contributed by atoms with Gasteiger partial charge in [0.15, 0.2) is 0 Å². The first-order valence-electron chi connectivity index (χ1n) is 5.86. The minimum atomic E-state index is 0.192. The Kier molecular flexibility index (Phi) is 7.20. The van der Waals surface area contributed by atoms with E-state index in [1.165, 1.54) is 6.42 Å². The van der Waals surface area contributed by atoms with E-state index in [1.807, 2.05) is 6.92 Å². The van der Waals surface area contributed by atoms with Crippen molar-refractivity contribution in [1.29, 1.82) is 0 Å². The first-order valence-corrected chi connectivity index (χ1v) is 5.86. The van der Waals surface area contributed by atoms with E-state index in [1.54, 1.807) is 0 Å². The van der Waals surface area contributed by atoms with Crippen LogP contribution in [0.25, 0.3) is 0 Å². The average Bonchev–Trinajstić information content (AvgIpc) is 2.09. The minimum Gasteiger partial charge on any atom is -0.377 e. The molecule has 2 heteroatoms. The number of rotatable bonds is 7. The van der Waals surface area contributed by atoms with Crippen LogP contribution in [-0.2, 0) is 4.74 Å². The van der Waals surface area contributed by atoms with Gasteiger partial charge in [0.1, 0.15) is 0 Å². The highest BCUT2D eigenvalue weighted by molar-refractivity contribution is 4.76. The zero-order valence-corrected chi connectivity index (χ0v) is 10.4. The van der Waals surface area contributed by atoms with Crippen LogP contribution in [0.2, 0.25) is 0 Å². The summed E-state index contributed by atoms with van der Waals surface area (Å²) in [6.45, 7) is 11.6. The number of hydrogen-bond acceptors (Lipinski definition) is 2. The van der Waals surface area contributed by atoms with E-state index in [-0.39, 0.29) is 12.1 Å². The molecule has 0 spiro atoms. The largest absolute Gasteiger partial charge is 0.377 e. The van der Waals surface area contributed by atoms with Crippen LogP contribution in [0.15, 0.2) is 0 Å². The van der Waals surface area contributed by atoms with Gasteiger partial charge in [0.2, 0.25) is 0 Å². The molecule has 0 aliphatic rings. The third-order valence-electron chi connectivity index (χ3n) is 2.52. The van der Waals surface area contributed by atoms with E-state index in [9.17, 15) is 0 Å². The molecule has 86 valence electrons. The SMILES string of the molecule is CCOC(C(C)C)C(N)CCC(C)C. The van der Waals surface area contributed by atoms with Crippen molar-refractivity contribution >= 4 is 0 Å². The maximum atomic E-state index is 6.13. The zero-order chi connectivity index (χ0) is 11.1. The molecule has 2 unspecified atom stereocenters.